The van der Waals surface area contributed by atoms with E-state index >= 15 is 0 Å². The van der Waals surface area contributed by atoms with Crippen LogP contribution in [0.25, 0.3) is 113 Å². The van der Waals surface area contributed by atoms with Crippen LogP contribution >= 0.6 is 0 Å². The molecule has 12 aromatic carbocycles. The zero-order chi connectivity index (χ0) is 82.4. The second kappa shape index (κ2) is 51.3. The van der Waals surface area contributed by atoms with Gasteiger partial charge in [-0.25, -0.2) is 0 Å². The Bertz CT molecular complexity index is 5590. The summed E-state index contributed by atoms with van der Waals surface area (Å²) < 4.78 is 7.49. The quantitative estimate of drug-likeness (QED) is 0.108. The molecule has 0 saturated heterocycles. The largest absolute Gasteiger partial charge is 0.305 e. The first-order chi connectivity index (χ1) is 59.2. The SMILES string of the molecule is Cc1cc(C)n(-c2[c-]ccc(-c3ccccc3)c2)n1.Cc1cc(C)n(-c2[c-]ccc(-c3ccccc3)c2)n1.[Ir].[Ir].[Ir].[Ir].[c-]1ccc(-c2ccccc2)cc1-n1cccn1.[c-]1ccc(-c2ccccc2)cc1-n1cccn1.[c-]1ccccc1-c1ccccn1.[c-]1ccccc1-c1ccccn1.[c-]1ccccc1-c1ncccn1.[c-]1ccccc1-c1ncccn1. The van der Waals surface area contributed by atoms with Crippen LogP contribution in [0.4, 0.5) is 0 Å². The topological polar surface area (TPSA) is 149 Å². The van der Waals surface area contributed by atoms with Gasteiger partial charge in [-0.2, -0.15) is 93.2 Å². The smallest absolute Gasteiger partial charge is 0.0748 e. The van der Waals surface area contributed by atoms with E-state index in [4.69, 9.17) is 0 Å². The van der Waals surface area contributed by atoms with E-state index in [1.165, 1.54) is 44.5 Å². The molecule has 620 valence electrons. The molecule has 18 heteroatoms. The summed E-state index contributed by atoms with van der Waals surface area (Å²) in [6, 6.07) is 145. The Hall–Kier alpha value is -13.5. The molecule has 0 unspecified atom stereocenters. The van der Waals surface area contributed by atoms with E-state index in [1.807, 2.05) is 263 Å². The van der Waals surface area contributed by atoms with E-state index in [2.05, 4.69) is 246 Å². The number of benzene rings is 12. The second-order valence-corrected chi connectivity index (χ2v) is 26.6. The molecule has 8 heterocycles. The van der Waals surface area contributed by atoms with Crippen LogP contribution in [0.2, 0.25) is 0 Å². The summed E-state index contributed by atoms with van der Waals surface area (Å²) in [5.74, 6) is 1.44. The maximum Gasteiger partial charge on any atom is 0.0748 e. The molecular formula is C106H82Ir4N14-8. The van der Waals surface area contributed by atoms with Gasteiger partial charge >= 0.3 is 0 Å². The van der Waals surface area contributed by atoms with E-state index in [1.54, 1.807) is 61.7 Å². The summed E-state index contributed by atoms with van der Waals surface area (Å²) in [6.45, 7) is 8.13. The molecule has 0 aliphatic heterocycles. The van der Waals surface area contributed by atoms with Crippen molar-refractivity contribution in [3.63, 3.8) is 0 Å². The van der Waals surface area contributed by atoms with Crippen molar-refractivity contribution in [2.24, 2.45) is 0 Å². The summed E-state index contributed by atoms with van der Waals surface area (Å²) in [7, 11) is 0. The Morgan fingerprint density at radius 2 is 0.500 bits per heavy atom. The van der Waals surface area contributed by atoms with Crippen LogP contribution in [0.15, 0.2) is 426 Å². The Kier molecular flexibility index (Phi) is 39.1. The van der Waals surface area contributed by atoms with Crippen molar-refractivity contribution in [1.29, 1.82) is 0 Å². The van der Waals surface area contributed by atoms with Crippen LogP contribution in [-0.2, 0) is 80.4 Å². The number of nitrogens with zero attached hydrogens (tertiary/aromatic N) is 14. The molecule has 0 fully saturated rings. The fourth-order valence-electron chi connectivity index (χ4n) is 12.2. The maximum atomic E-state index is 4.50. The van der Waals surface area contributed by atoms with Crippen LogP contribution < -0.4 is 0 Å². The van der Waals surface area contributed by atoms with Crippen molar-refractivity contribution < 1.29 is 80.4 Å². The molecule has 0 spiro atoms. The number of hydrogen-bond acceptors (Lipinski definition) is 10. The molecule has 0 N–H and O–H groups in total. The van der Waals surface area contributed by atoms with Gasteiger partial charge in [0.15, 0.2) is 0 Å². The van der Waals surface area contributed by atoms with Gasteiger partial charge in [-0.1, -0.05) is 146 Å². The predicted molar refractivity (Wildman–Crippen MR) is 480 cm³/mol. The molecule has 14 nitrogen and oxygen atoms in total. The Balaban J connectivity index is 0.000000161. The number of rotatable bonds is 12. The van der Waals surface area contributed by atoms with Gasteiger partial charge in [-0.15, -0.1) is 190 Å². The standard InChI is InChI=1S/2C17H15N2.2C15H11N2.2C11H8N.2C10H7N2.4Ir/c2*1-13-11-14(2)19(18-13)17-10-6-9-16(12-17)15-7-4-3-5-8-15;2*1-2-6-13(7-3-1)14-8-4-9-15(12-14)17-11-5-10-16-17;2*1-2-6-10(7-3-1)11-8-4-5-9-12-11;2*1-2-5-9(6-3-1)10-11-7-4-8-12-10;;;;/h2*3-9,11-12H,1-2H3;2*1-8,10-12H;2*1-6,8-9H;2*1-5,7-8H;;;;/q8*-1;;;;. The number of pyridine rings is 2. The van der Waals surface area contributed by atoms with Gasteiger partial charge in [-0.05, 0) is 133 Å². The van der Waals surface area contributed by atoms with Crippen LogP contribution in [0.3, 0.4) is 0 Å². The summed E-state index contributed by atoms with van der Waals surface area (Å²) in [5, 5.41) is 17.4. The zero-order valence-corrected chi connectivity index (χ0v) is 77.6. The summed E-state index contributed by atoms with van der Waals surface area (Å²) >= 11 is 0. The average Bonchev–Trinajstić information content (AvgIpc) is 1.72. The van der Waals surface area contributed by atoms with Crippen molar-refractivity contribution in [2.45, 2.75) is 27.7 Å². The van der Waals surface area contributed by atoms with Gasteiger partial charge in [0, 0.05) is 154 Å². The third-order valence-electron chi connectivity index (χ3n) is 17.9. The Labute approximate surface area is 780 Å². The number of aryl methyl sites for hydroxylation is 4. The van der Waals surface area contributed by atoms with Gasteiger partial charge in [0.05, 0.1) is 23.0 Å². The van der Waals surface area contributed by atoms with E-state index in [0.717, 1.165) is 90.8 Å². The van der Waals surface area contributed by atoms with Crippen molar-refractivity contribution >= 4 is 0 Å². The normalized spacial score (nSPS) is 9.84. The average molecular weight is 2320 g/mol. The second-order valence-electron chi connectivity index (χ2n) is 26.6. The first-order valence-corrected chi connectivity index (χ1v) is 38.8. The molecule has 4 radical (unpaired) electrons. The van der Waals surface area contributed by atoms with Crippen molar-refractivity contribution in [3.05, 3.63) is 497 Å². The van der Waals surface area contributed by atoms with E-state index in [9.17, 15) is 0 Å². The summed E-state index contributed by atoms with van der Waals surface area (Å²) in [6.07, 6.45) is 17.8. The van der Waals surface area contributed by atoms with Crippen molar-refractivity contribution in [2.75, 3.05) is 0 Å². The van der Waals surface area contributed by atoms with Crippen LogP contribution in [0.5, 0.6) is 0 Å². The Morgan fingerprint density at radius 1 is 0.218 bits per heavy atom. The molecule has 0 saturated carbocycles. The van der Waals surface area contributed by atoms with E-state index < -0.39 is 0 Å². The minimum Gasteiger partial charge on any atom is -0.305 e. The molecule has 124 heavy (non-hydrogen) atoms. The Morgan fingerprint density at radius 3 is 0.766 bits per heavy atom. The van der Waals surface area contributed by atoms with E-state index in [0.29, 0.717) is 0 Å². The molecular weight excluding hydrogens is 2240 g/mol. The third kappa shape index (κ3) is 28.9. The molecule has 0 aliphatic carbocycles. The molecule has 0 atom stereocenters. The minimum absolute atomic E-state index is 0. The van der Waals surface area contributed by atoms with Gasteiger partial charge < -0.3 is 9.97 Å². The number of hydrogen-bond donors (Lipinski definition) is 0. The summed E-state index contributed by atoms with van der Waals surface area (Å²) in [5.41, 5.74) is 23.6. The first-order valence-electron chi connectivity index (χ1n) is 38.8. The minimum atomic E-state index is 0. The monoisotopic (exact) mass is 2320 g/mol. The van der Waals surface area contributed by atoms with Crippen molar-refractivity contribution in [3.8, 4) is 113 Å². The first kappa shape index (κ1) is 94.4. The molecule has 0 bridgehead atoms. The molecule has 0 aliphatic rings. The molecule has 0 amide bonds. The van der Waals surface area contributed by atoms with Crippen molar-refractivity contribution in [1.82, 2.24) is 69.0 Å². The van der Waals surface area contributed by atoms with Gasteiger partial charge in [-0.3, -0.25) is 38.7 Å². The molecule has 8 aromatic heterocycles. The van der Waals surface area contributed by atoms with Crippen LogP contribution in [-0.4, -0.2) is 69.0 Å². The van der Waals surface area contributed by atoms with Gasteiger partial charge in [0.1, 0.15) is 0 Å². The summed E-state index contributed by atoms with van der Waals surface area (Å²) in [4.78, 5) is 24.9. The third-order valence-corrected chi connectivity index (χ3v) is 17.9. The van der Waals surface area contributed by atoms with Crippen LogP contribution in [0.1, 0.15) is 22.8 Å². The molecule has 20 rings (SSSR count). The number of aromatic nitrogens is 14. The maximum absolute atomic E-state index is 4.50. The fraction of sp³-hybridized carbons (Fsp3) is 0.0377. The van der Waals surface area contributed by atoms with Gasteiger partial charge in [0.2, 0.25) is 0 Å². The fourth-order valence-corrected chi connectivity index (χ4v) is 12.2. The zero-order valence-electron chi connectivity index (χ0n) is 68.0. The predicted octanol–water partition coefficient (Wildman–Crippen LogP) is 23.6. The van der Waals surface area contributed by atoms with Crippen LogP contribution in [0, 0.1) is 76.2 Å². The van der Waals surface area contributed by atoms with Gasteiger partial charge in [0.25, 0.3) is 0 Å². The molecule has 20 aromatic rings. The van der Waals surface area contributed by atoms with E-state index in [-0.39, 0.29) is 80.4 Å².